The normalized spacial score (nSPS) is 15.2. The van der Waals surface area contributed by atoms with Crippen molar-refractivity contribution in [1.29, 1.82) is 0 Å². The first-order valence-electron chi connectivity index (χ1n) is 10.9. The van der Waals surface area contributed by atoms with E-state index < -0.39 is 0 Å². The van der Waals surface area contributed by atoms with Crippen molar-refractivity contribution < 1.29 is 18.7 Å². The molecule has 0 N–H and O–H groups in total. The molecule has 2 aromatic rings. The fourth-order valence-electron chi connectivity index (χ4n) is 4.17. The van der Waals surface area contributed by atoms with Crippen molar-refractivity contribution in [1.82, 2.24) is 4.90 Å². The zero-order valence-corrected chi connectivity index (χ0v) is 18.9. The van der Waals surface area contributed by atoms with Crippen LogP contribution in [0.5, 0.6) is 11.5 Å². The fourth-order valence-corrected chi connectivity index (χ4v) is 4.17. The summed E-state index contributed by atoms with van der Waals surface area (Å²) in [5.74, 6) is 1.69. The number of ether oxygens (including phenoxy) is 2. The molecule has 2 aromatic carbocycles. The van der Waals surface area contributed by atoms with Crippen LogP contribution in [0.2, 0.25) is 0 Å². The van der Waals surface area contributed by atoms with Gasteiger partial charge in [0.15, 0.2) is 0 Å². The number of hydrogen-bond acceptors (Lipinski definition) is 4. The maximum absolute atomic E-state index is 13.4. The van der Waals surface area contributed by atoms with Crippen LogP contribution in [0.15, 0.2) is 42.5 Å². The van der Waals surface area contributed by atoms with Crippen molar-refractivity contribution in [3.8, 4) is 11.5 Å². The van der Waals surface area contributed by atoms with Gasteiger partial charge in [-0.25, -0.2) is 4.39 Å². The maximum Gasteiger partial charge on any atom is 0.227 e. The molecule has 6 heteroatoms. The summed E-state index contributed by atoms with van der Waals surface area (Å²) in [7, 11) is 3.32. The molecule has 0 aromatic heterocycles. The molecule has 1 amide bonds. The molecular weight excluding hydrogens is 395 g/mol. The number of rotatable bonds is 8. The summed E-state index contributed by atoms with van der Waals surface area (Å²) >= 11 is 0. The Balaban J connectivity index is 1.69. The van der Waals surface area contributed by atoms with Crippen molar-refractivity contribution in [3.63, 3.8) is 0 Å². The topological polar surface area (TPSA) is 42.0 Å². The van der Waals surface area contributed by atoms with Gasteiger partial charge in [-0.1, -0.05) is 19.9 Å². The van der Waals surface area contributed by atoms with Gasteiger partial charge >= 0.3 is 0 Å². The summed E-state index contributed by atoms with van der Waals surface area (Å²) in [5.41, 5.74) is 1.90. The van der Waals surface area contributed by atoms with E-state index in [2.05, 4.69) is 4.90 Å². The molecule has 1 fully saturated rings. The summed E-state index contributed by atoms with van der Waals surface area (Å²) in [5, 5.41) is 0. The van der Waals surface area contributed by atoms with Crippen LogP contribution in [-0.4, -0.2) is 44.2 Å². The molecule has 0 spiro atoms. The second-order valence-electron chi connectivity index (χ2n) is 8.52. The third kappa shape index (κ3) is 5.97. The van der Waals surface area contributed by atoms with Gasteiger partial charge in [-0.3, -0.25) is 9.69 Å². The molecule has 5 nitrogen and oxygen atoms in total. The van der Waals surface area contributed by atoms with Crippen molar-refractivity contribution in [3.05, 3.63) is 53.8 Å². The Morgan fingerprint density at radius 1 is 1.10 bits per heavy atom. The lowest BCUT2D eigenvalue weighted by molar-refractivity contribution is -0.120. The Bertz CT molecular complexity index is 862. The van der Waals surface area contributed by atoms with E-state index in [9.17, 15) is 9.18 Å². The Morgan fingerprint density at radius 3 is 2.35 bits per heavy atom. The zero-order valence-electron chi connectivity index (χ0n) is 18.9. The molecule has 31 heavy (non-hydrogen) atoms. The van der Waals surface area contributed by atoms with E-state index in [0.717, 1.165) is 55.2 Å². The molecule has 0 bridgehead atoms. The Morgan fingerprint density at radius 2 is 1.77 bits per heavy atom. The highest BCUT2D eigenvalue weighted by molar-refractivity contribution is 5.94. The minimum atomic E-state index is -0.289. The maximum atomic E-state index is 13.4. The van der Waals surface area contributed by atoms with Crippen LogP contribution in [0, 0.1) is 11.7 Å². The smallest absolute Gasteiger partial charge is 0.227 e. The van der Waals surface area contributed by atoms with Gasteiger partial charge in [0.05, 0.1) is 14.2 Å². The van der Waals surface area contributed by atoms with Gasteiger partial charge in [0.1, 0.15) is 17.3 Å². The number of anilines is 1. The highest BCUT2D eigenvalue weighted by Gasteiger charge is 2.29. The number of amides is 1. The summed E-state index contributed by atoms with van der Waals surface area (Å²) in [6, 6.07) is 12.3. The van der Waals surface area contributed by atoms with Crippen LogP contribution in [0.4, 0.5) is 10.1 Å². The molecule has 0 radical (unpaired) electrons. The van der Waals surface area contributed by atoms with Crippen LogP contribution in [0.3, 0.4) is 0 Å². The first-order chi connectivity index (χ1) is 14.9. The highest BCUT2D eigenvalue weighted by atomic mass is 19.1. The predicted octanol–water partition coefficient (Wildman–Crippen LogP) is 4.89. The molecule has 1 aliphatic heterocycles. The first-order valence-corrected chi connectivity index (χ1v) is 10.9. The fraction of sp³-hybridized carbons (Fsp3) is 0.480. The van der Waals surface area contributed by atoms with Crippen molar-refractivity contribution >= 4 is 11.6 Å². The van der Waals surface area contributed by atoms with E-state index in [4.69, 9.17) is 9.47 Å². The van der Waals surface area contributed by atoms with Crippen LogP contribution in [-0.2, 0) is 11.3 Å². The number of nitrogens with zero attached hydrogens (tertiary/aromatic N) is 2. The Kier molecular flexibility index (Phi) is 7.91. The molecule has 0 saturated carbocycles. The molecule has 1 heterocycles. The van der Waals surface area contributed by atoms with E-state index >= 15 is 0 Å². The van der Waals surface area contributed by atoms with E-state index in [1.165, 1.54) is 12.1 Å². The van der Waals surface area contributed by atoms with Crippen molar-refractivity contribution in [2.45, 2.75) is 45.7 Å². The van der Waals surface area contributed by atoms with Gasteiger partial charge in [0.2, 0.25) is 5.91 Å². The molecule has 0 atom stereocenters. The molecule has 1 saturated heterocycles. The average Bonchev–Trinajstić information content (AvgIpc) is 2.76. The minimum Gasteiger partial charge on any atom is -0.497 e. The van der Waals surface area contributed by atoms with Crippen LogP contribution in [0.25, 0.3) is 0 Å². The SMILES string of the molecule is COc1ccc(CN2CCC(N(C(=O)CC(C)C)c3ccc(F)cc3)CC2)c(OC)c1. The third-order valence-electron chi connectivity index (χ3n) is 5.77. The van der Waals surface area contributed by atoms with E-state index in [1.807, 2.05) is 36.9 Å². The molecule has 3 rings (SSSR count). The van der Waals surface area contributed by atoms with Gasteiger partial charge in [-0.15, -0.1) is 0 Å². The molecule has 0 aliphatic carbocycles. The van der Waals surface area contributed by atoms with Crippen molar-refractivity contribution in [2.24, 2.45) is 5.92 Å². The van der Waals surface area contributed by atoms with Gasteiger partial charge in [-0.05, 0) is 49.1 Å². The predicted molar refractivity (Wildman–Crippen MR) is 121 cm³/mol. The summed E-state index contributed by atoms with van der Waals surface area (Å²) in [6.07, 6.45) is 2.24. The van der Waals surface area contributed by atoms with E-state index in [1.54, 1.807) is 26.4 Å². The minimum absolute atomic E-state index is 0.108. The number of halogens is 1. The van der Waals surface area contributed by atoms with Crippen molar-refractivity contribution in [2.75, 3.05) is 32.2 Å². The molecule has 1 aliphatic rings. The second kappa shape index (κ2) is 10.6. The number of benzene rings is 2. The number of carbonyl (C=O) groups is 1. The second-order valence-corrected chi connectivity index (χ2v) is 8.52. The first kappa shape index (κ1) is 23.1. The van der Waals surface area contributed by atoms with Crippen LogP contribution >= 0.6 is 0 Å². The quantitative estimate of drug-likeness (QED) is 0.601. The molecule has 168 valence electrons. The van der Waals surface area contributed by atoms with Gasteiger partial charge in [0.25, 0.3) is 0 Å². The number of likely N-dealkylation sites (tertiary alicyclic amines) is 1. The molecular formula is C25H33FN2O3. The summed E-state index contributed by atoms with van der Waals surface area (Å²) in [6.45, 7) is 6.65. The monoisotopic (exact) mass is 428 g/mol. The molecule has 0 unspecified atom stereocenters. The zero-order chi connectivity index (χ0) is 22.4. The van der Waals surface area contributed by atoms with Crippen LogP contribution < -0.4 is 14.4 Å². The van der Waals surface area contributed by atoms with Gasteiger partial charge in [-0.2, -0.15) is 0 Å². The van der Waals surface area contributed by atoms with E-state index in [-0.39, 0.29) is 23.7 Å². The Hall–Kier alpha value is -2.60. The van der Waals surface area contributed by atoms with Crippen LogP contribution in [0.1, 0.15) is 38.7 Å². The number of carbonyl (C=O) groups excluding carboxylic acids is 1. The largest absolute Gasteiger partial charge is 0.497 e. The highest BCUT2D eigenvalue weighted by Crippen LogP contribution is 2.29. The number of piperidine rings is 1. The lowest BCUT2D eigenvalue weighted by Gasteiger charge is -2.39. The number of hydrogen-bond donors (Lipinski definition) is 0. The third-order valence-corrected chi connectivity index (χ3v) is 5.77. The standard InChI is InChI=1S/C25H33FN2O3/c1-18(2)15-25(29)28(21-8-6-20(26)7-9-21)22-11-13-27(14-12-22)17-19-5-10-23(30-3)16-24(19)31-4/h5-10,16,18,22H,11-15,17H2,1-4H3. The van der Waals surface area contributed by atoms with Gasteiger partial charge in [0, 0.05) is 49.4 Å². The summed E-state index contributed by atoms with van der Waals surface area (Å²) in [4.78, 5) is 17.3. The lowest BCUT2D eigenvalue weighted by atomic mass is 9.99. The van der Waals surface area contributed by atoms with E-state index in [0.29, 0.717) is 6.42 Å². The number of methoxy groups -OCH3 is 2. The van der Waals surface area contributed by atoms with Gasteiger partial charge < -0.3 is 14.4 Å². The summed E-state index contributed by atoms with van der Waals surface area (Å²) < 4.78 is 24.3. The Labute approximate surface area is 184 Å². The average molecular weight is 429 g/mol. The lowest BCUT2D eigenvalue weighted by Crippen LogP contribution is -2.47.